The zero-order valence-corrected chi connectivity index (χ0v) is 6.38. The quantitative estimate of drug-likeness (QED) is 0.722. The van der Waals surface area contributed by atoms with Crippen LogP contribution in [-0.2, 0) is 0 Å². The van der Waals surface area contributed by atoms with Crippen LogP contribution in [0.1, 0.15) is 0 Å². The molecule has 0 aliphatic carbocycles. The van der Waals surface area contributed by atoms with Crippen LogP contribution in [0.4, 0.5) is 18.9 Å². The number of hydrogen-bond donors (Lipinski definition) is 1. The van der Waals surface area contributed by atoms with Gasteiger partial charge in [0.2, 0.25) is 11.8 Å². The molecule has 0 amide bonds. The molecule has 72 valence electrons. The average Bonchev–Trinajstić information content (AvgIpc) is 2.07. The van der Waals surface area contributed by atoms with E-state index in [0.717, 1.165) is 6.33 Å². The van der Waals surface area contributed by atoms with E-state index >= 15 is 0 Å². The Morgan fingerprint density at radius 1 is 1.46 bits per heavy atom. The Labute approximate surface area is 71.6 Å². The highest BCUT2D eigenvalue weighted by atomic mass is 19.3. The zero-order valence-electron chi connectivity index (χ0n) is 6.38. The standard InChI is InChI=1S/C6H6F3N3O/c7-3(8)1-13-6-4(10)5(9)11-2-12-6/h2-3H,1,10H2. The van der Waals surface area contributed by atoms with Crippen molar-refractivity contribution in [2.45, 2.75) is 6.43 Å². The van der Waals surface area contributed by atoms with Crippen LogP contribution in [0, 0.1) is 5.95 Å². The number of rotatable bonds is 3. The molecule has 7 heteroatoms. The third-order valence-corrected chi connectivity index (χ3v) is 1.14. The molecule has 0 saturated heterocycles. The summed E-state index contributed by atoms with van der Waals surface area (Å²) < 4.78 is 40.3. The molecule has 0 atom stereocenters. The van der Waals surface area contributed by atoms with Gasteiger partial charge in [0.1, 0.15) is 6.33 Å². The van der Waals surface area contributed by atoms with Crippen molar-refractivity contribution in [3.63, 3.8) is 0 Å². The van der Waals surface area contributed by atoms with E-state index in [1.165, 1.54) is 0 Å². The lowest BCUT2D eigenvalue weighted by Gasteiger charge is -2.05. The van der Waals surface area contributed by atoms with Crippen molar-refractivity contribution in [3.8, 4) is 5.88 Å². The van der Waals surface area contributed by atoms with E-state index in [9.17, 15) is 13.2 Å². The first-order chi connectivity index (χ1) is 6.11. The van der Waals surface area contributed by atoms with E-state index in [1.54, 1.807) is 0 Å². The second-order valence-corrected chi connectivity index (χ2v) is 2.09. The van der Waals surface area contributed by atoms with Crippen LogP contribution in [0.15, 0.2) is 6.33 Å². The lowest BCUT2D eigenvalue weighted by atomic mass is 10.5. The van der Waals surface area contributed by atoms with Gasteiger partial charge in [0, 0.05) is 0 Å². The van der Waals surface area contributed by atoms with Crippen LogP contribution in [0.25, 0.3) is 0 Å². The highest BCUT2D eigenvalue weighted by molar-refractivity contribution is 5.45. The molecule has 0 aliphatic rings. The van der Waals surface area contributed by atoms with Crippen molar-refractivity contribution in [3.05, 3.63) is 12.3 Å². The molecular weight excluding hydrogens is 187 g/mol. The summed E-state index contributed by atoms with van der Waals surface area (Å²) in [5, 5.41) is 0. The van der Waals surface area contributed by atoms with Gasteiger partial charge in [-0.25, -0.2) is 13.8 Å². The molecular formula is C6H6F3N3O. The lowest BCUT2D eigenvalue weighted by Crippen LogP contribution is -2.10. The number of aromatic nitrogens is 2. The highest BCUT2D eigenvalue weighted by Gasteiger charge is 2.10. The number of halogens is 3. The first-order valence-corrected chi connectivity index (χ1v) is 3.28. The summed E-state index contributed by atoms with van der Waals surface area (Å²) in [7, 11) is 0. The van der Waals surface area contributed by atoms with Crippen LogP contribution in [0.2, 0.25) is 0 Å². The molecule has 2 N–H and O–H groups in total. The summed E-state index contributed by atoms with van der Waals surface area (Å²) in [6, 6.07) is 0. The predicted octanol–water partition coefficient (Wildman–Crippen LogP) is 0.842. The van der Waals surface area contributed by atoms with Crippen molar-refractivity contribution < 1.29 is 17.9 Å². The molecule has 0 spiro atoms. The number of nitrogens with zero attached hydrogens (tertiary/aromatic N) is 2. The molecule has 4 nitrogen and oxygen atoms in total. The van der Waals surface area contributed by atoms with Gasteiger partial charge in [-0.15, -0.1) is 0 Å². The van der Waals surface area contributed by atoms with Gasteiger partial charge in [-0.1, -0.05) is 0 Å². The minimum atomic E-state index is -2.66. The second-order valence-electron chi connectivity index (χ2n) is 2.09. The largest absolute Gasteiger partial charge is 0.470 e. The van der Waals surface area contributed by atoms with Gasteiger partial charge in [0.05, 0.1) is 0 Å². The maximum absolute atomic E-state index is 12.6. The molecule has 0 fully saturated rings. The van der Waals surface area contributed by atoms with Crippen LogP contribution in [-0.4, -0.2) is 23.0 Å². The summed E-state index contributed by atoms with van der Waals surface area (Å²) in [5.41, 5.74) is 4.63. The molecule has 0 unspecified atom stereocenters. The fourth-order valence-electron chi connectivity index (χ4n) is 0.616. The van der Waals surface area contributed by atoms with E-state index < -0.39 is 24.7 Å². The number of alkyl halides is 2. The minimum absolute atomic E-state index is 0.368. The fraction of sp³-hybridized carbons (Fsp3) is 0.333. The maximum Gasteiger partial charge on any atom is 0.272 e. The summed E-state index contributed by atoms with van der Waals surface area (Å²) >= 11 is 0. The number of anilines is 1. The molecule has 13 heavy (non-hydrogen) atoms. The maximum atomic E-state index is 12.6. The molecule has 0 saturated carbocycles. The van der Waals surface area contributed by atoms with E-state index in [4.69, 9.17) is 5.73 Å². The van der Waals surface area contributed by atoms with Crippen LogP contribution >= 0.6 is 0 Å². The van der Waals surface area contributed by atoms with Gasteiger partial charge < -0.3 is 10.5 Å². The van der Waals surface area contributed by atoms with E-state index in [1.807, 2.05) is 0 Å². The number of nitrogens with two attached hydrogens (primary N) is 1. The number of ether oxygens (including phenoxy) is 1. The summed E-state index contributed by atoms with van der Waals surface area (Å²) in [5.74, 6) is -1.35. The Balaban J connectivity index is 2.71. The van der Waals surface area contributed by atoms with Gasteiger partial charge in [0.15, 0.2) is 12.3 Å². The third-order valence-electron chi connectivity index (χ3n) is 1.14. The molecule has 1 aromatic rings. The van der Waals surface area contributed by atoms with E-state index in [0.29, 0.717) is 0 Å². The molecule has 0 aliphatic heterocycles. The average molecular weight is 193 g/mol. The van der Waals surface area contributed by atoms with Gasteiger partial charge in [-0.3, -0.25) is 0 Å². The summed E-state index contributed by atoms with van der Waals surface area (Å²) in [6.07, 6.45) is -1.82. The van der Waals surface area contributed by atoms with Gasteiger partial charge in [0.25, 0.3) is 6.43 Å². The first kappa shape index (κ1) is 9.56. The van der Waals surface area contributed by atoms with E-state index in [-0.39, 0.29) is 5.88 Å². The van der Waals surface area contributed by atoms with E-state index in [2.05, 4.69) is 14.7 Å². The third kappa shape index (κ3) is 2.46. The SMILES string of the molecule is Nc1c(F)ncnc1OCC(F)F. The Hall–Kier alpha value is -1.53. The Morgan fingerprint density at radius 3 is 2.77 bits per heavy atom. The van der Waals surface area contributed by atoms with Crippen molar-refractivity contribution in [1.29, 1.82) is 0 Å². The van der Waals surface area contributed by atoms with Gasteiger partial charge in [-0.05, 0) is 0 Å². The van der Waals surface area contributed by atoms with Crippen LogP contribution in [0.3, 0.4) is 0 Å². The fourth-order valence-corrected chi connectivity index (χ4v) is 0.616. The molecule has 0 aromatic carbocycles. The number of nitrogen functional groups attached to an aromatic ring is 1. The van der Waals surface area contributed by atoms with Crippen molar-refractivity contribution in [2.75, 3.05) is 12.3 Å². The Morgan fingerprint density at radius 2 is 2.15 bits per heavy atom. The van der Waals surface area contributed by atoms with Gasteiger partial charge in [-0.2, -0.15) is 9.37 Å². The van der Waals surface area contributed by atoms with Crippen LogP contribution in [0.5, 0.6) is 5.88 Å². The Kier molecular flexibility index (Phi) is 2.88. The van der Waals surface area contributed by atoms with Crippen molar-refractivity contribution >= 4 is 5.69 Å². The Bertz CT molecular complexity index is 294. The molecule has 0 radical (unpaired) electrons. The zero-order chi connectivity index (χ0) is 9.84. The molecule has 1 aromatic heterocycles. The summed E-state index contributed by atoms with van der Waals surface area (Å²) in [6.45, 7) is -0.874. The highest BCUT2D eigenvalue weighted by Crippen LogP contribution is 2.18. The second kappa shape index (κ2) is 3.92. The van der Waals surface area contributed by atoms with Gasteiger partial charge >= 0.3 is 0 Å². The topological polar surface area (TPSA) is 61.0 Å². The molecule has 0 bridgehead atoms. The molecule has 1 heterocycles. The monoisotopic (exact) mass is 193 g/mol. The first-order valence-electron chi connectivity index (χ1n) is 3.28. The molecule has 1 rings (SSSR count). The smallest absolute Gasteiger partial charge is 0.272 e. The van der Waals surface area contributed by atoms with Crippen molar-refractivity contribution in [2.24, 2.45) is 0 Å². The summed E-state index contributed by atoms with van der Waals surface area (Å²) in [4.78, 5) is 6.48. The van der Waals surface area contributed by atoms with Crippen LogP contribution < -0.4 is 10.5 Å². The lowest BCUT2D eigenvalue weighted by molar-refractivity contribution is 0.0797. The predicted molar refractivity (Wildman–Crippen MR) is 37.9 cm³/mol. The minimum Gasteiger partial charge on any atom is -0.470 e. The number of hydrogen-bond acceptors (Lipinski definition) is 4. The van der Waals surface area contributed by atoms with Crippen molar-refractivity contribution in [1.82, 2.24) is 9.97 Å². The normalized spacial score (nSPS) is 10.5.